The van der Waals surface area contributed by atoms with Crippen LogP contribution in [-0.2, 0) is 17.8 Å². The van der Waals surface area contributed by atoms with E-state index in [1.54, 1.807) is 0 Å². The van der Waals surface area contributed by atoms with Gasteiger partial charge in [0.2, 0.25) is 0 Å². The van der Waals surface area contributed by atoms with Crippen LogP contribution in [0.3, 0.4) is 0 Å². The summed E-state index contributed by atoms with van der Waals surface area (Å²) in [7, 11) is 0. The highest BCUT2D eigenvalue weighted by atomic mass is 16.1. The van der Waals surface area contributed by atoms with Crippen LogP contribution in [0.15, 0.2) is 54.7 Å². The molecule has 3 aromatic rings. The van der Waals surface area contributed by atoms with Crippen LogP contribution in [0.5, 0.6) is 0 Å². The second kappa shape index (κ2) is 11.0. The molecular weight excluding hydrogens is 420 g/mol. The van der Waals surface area contributed by atoms with Gasteiger partial charge in [0.15, 0.2) is 0 Å². The van der Waals surface area contributed by atoms with Crippen molar-refractivity contribution in [3.63, 3.8) is 0 Å². The smallest absolute Gasteiger partial charge is 0.141 e. The molecule has 0 saturated carbocycles. The van der Waals surface area contributed by atoms with Crippen LogP contribution in [0.1, 0.15) is 62.7 Å². The van der Waals surface area contributed by atoms with Crippen molar-refractivity contribution in [1.82, 2.24) is 19.8 Å². The summed E-state index contributed by atoms with van der Waals surface area (Å²) in [6, 6.07) is 15.2. The lowest BCUT2D eigenvalue weighted by Gasteiger charge is -2.30. The standard InChI is InChI=1S/C29H36N4O/c1-21(2)33(22(3)4)17-8-7-10-24-14-16-30-27-19-32(28(20-34)29(24)27)18-15-25-13-12-23-9-5-6-11-26(23)31-25/h5-7,9-14,16,20-22,28H,8,15,17-19H2,1-4H3/b10-7-. The Morgan fingerprint density at radius 2 is 1.88 bits per heavy atom. The van der Waals surface area contributed by atoms with Crippen molar-refractivity contribution in [2.24, 2.45) is 0 Å². The van der Waals surface area contributed by atoms with E-state index in [1.165, 1.54) is 0 Å². The van der Waals surface area contributed by atoms with E-state index in [0.717, 1.165) is 65.6 Å². The van der Waals surface area contributed by atoms with E-state index in [2.05, 4.69) is 72.8 Å². The molecular formula is C29H36N4O. The number of hydrogen-bond acceptors (Lipinski definition) is 5. The highest BCUT2D eigenvalue weighted by Gasteiger charge is 2.32. The average Bonchev–Trinajstić information content (AvgIpc) is 3.20. The summed E-state index contributed by atoms with van der Waals surface area (Å²) in [6.45, 7) is 11.5. The summed E-state index contributed by atoms with van der Waals surface area (Å²) >= 11 is 0. The summed E-state index contributed by atoms with van der Waals surface area (Å²) in [6.07, 6.45) is 9.12. The van der Waals surface area contributed by atoms with Crippen LogP contribution in [0.4, 0.5) is 0 Å². The Bertz CT molecular complexity index is 1150. The van der Waals surface area contributed by atoms with Crippen molar-refractivity contribution < 1.29 is 4.79 Å². The molecule has 0 fully saturated rings. The second-order valence-corrected chi connectivity index (χ2v) is 9.67. The van der Waals surface area contributed by atoms with E-state index in [4.69, 9.17) is 4.98 Å². The highest BCUT2D eigenvalue weighted by molar-refractivity contribution is 5.78. The Balaban J connectivity index is 1.43. The van der Waals surface area contributed by atoms with Gasteiger partial charge in [-0.3, -0.25) is 19.8 Å². The van der Waals surface area contributed by atoms with Gasteiger partial charge in [0.1, 0.15) is 6.29 Å². The SMILES string of the molecule is CC(C)N(CC/C=C\c1ccnc2c1C(C=O)N(CCc1ccc3ccccc3n1)C2)C(C)C. The second-order valence-electron chi connectivity index (χ2n) is 9.67. The van der Waals surface area contributed by atoms with Crippen molar-refractivity contribution >= 4 is 23.3 Å². The molecule has 3 heterocycles. The predicted octanol–water partition coefficient (Wildman–Crippen LogP) is 5.45. The minimum Gasteiger partial charge on any atom is -0.301 e. The number of nitrogens with zero attached hydrogens (tertiary/aromatic N) is 4. The zero-order chi connectivity index (χ0) is 24.1. The number of hydrogen-bond donors (Lipinski definition) is 0. The Morgan fingerprint density at radius 3 is 2.65 bits per heavy atom. The van der Waals surface area contributed by atoms with Gasteiger partial charge in [-0.05, 0) is 57.9 Å². The maximum absolute atomic E-state index is 12.2. The zero-order valence-corrected chi connectivity index (χ0v) is 20.8. The maximum atomic E-state index is 12.2. The fourth-order valence-corrected chi connectivity index (χ4v) is 5.04. The first-order valence-electron chi connectivity index (χ1n) is 12.4. The monoisotopic (exact) mass is 456 g/mol. The Morgan fingerprint density at radius 1 is 1.09 bits per heavy atom. The predicted molar refractivity (Wildman–Crippen MR) is 140 cm³/mol. The van der Waals surface area contributed by atoms with Gasteiger partial charge in [0.25, 0.3) is 0 Å². The third-order valence-corrected chi connectivity index (χ3v) is 6.77. The van der Waals surface area contributed by atoms with Crippen molar-refractivity contribution in [3.05, 3.63) is 77.3 Å². The van der Waals surface area contributed by atoms with E-state index < -0.39 is 0 Å². The summed E-state index contributed by atoms with van der Waals surface area (Å²) in [4.78, 5) is 26.3. The van der Waals surface area contributed by atoms with Crippen molar-refractivity contribution in [3.8, 4) is 0 Å². The largest absolute Gasteiger partial charge is 0.301 e. The average molecular weight is 457 g/mol. The van der Waals surface area contributed by atoms with Crippen LogP contribution in [0, 0.1) is 0 Å². The quantitative estimate of drug-likeness (QED) is 0.380. The summed E-state index contributed by atoms with van der Waals surface area (Å²) in [5.41, 5.74) is 5.24. The molecule has 34 heavy (non-hydrogen) atoms. The molecule has 0 radical (unpaired) electrons. The van der Waals surface area contributed by atoms with E-state index >= 15 is 0 Å². The maximum Gasteiger partial charge on any atom is 0.141 e. The number of fused-ring (bicyclic) bond motifs is 2. The minimum absolute atomic E-state index is 0.258. The van der Waals surface area contributed by atoms with E-state index in [-0.39, 0.29) is 6.04 Å². The van der Waals surface area contributed by atoms with E-state index in [1.807, 2.05) is 30.5 Å². The molecule has 2 aromatic heterocycles. The van der Waals surface area contributed by atoms with Crippen molar-refractivity contribution in [2.45, 2.75) is 65.2 Å². The molecule has 1 aliphatic rings. The van der Waals surface area contributed by atoms with Gasteiger partial charge in [-0.1, -0.05) is 36.4 Å². The first-order chi connectivity index (χ1) is 16.5. The molecule has 1 unspecified atom stereocenters. The number of benzene rings is 1. The number of aldehydes is 1. The summed E-state index contributed by atoms with van der Waals surface area (Å²) < 4.78 is 0. The molecule has 0 aliphatic carbocycles. The molecule has 1 aliphatic heterocycles. The molecule has 0 saturated heterocycles. The van der Waals surface area contributed by atoms with Crippen LogP contribution in [-0.4, -0.2) is 51.2 Å². The number of carbonyl (C=O) groups excluding carboxylic acids is 1. The van der Waals surface area contributed by atoms with Gasteiger partial charge in [-0.25, -0.2) is 0 Å². The van der Waals surface area contributed by atoms with Crippen LogP contribution in [0.25, 0.3) is 17.0 Å². The topological polar surface area (TPSA) is 49.3 Å². The Labute approximate surface area is 203 Å². The Kier molecular flexibility index (Phi) is 7.86. The summed E-state index contributed by atoms with van der Waals surface area (Å²) in [5.74, 6) is 0. The molecule has 0 amide bonds. The Hall–Kier alpha value is -2.89. The summed E-state index contributed by atoms with van der Waals surface area (Å²) in [5, 5.41) is 1.15. The third kappa shape index (κ3) is 5.43. The zero-order valence-electron chi connectivity index (χ0n) is 20.8. The number of pyridine rings is 2. The molecule has 1 atom stereocenters. The normalized spacial score (nSPS) is 16.4. The van der Waals surface area contributed by atoms with Gasteiger partial charge >= 0.3 is 0 Å². The first-order valence-corrected chi connectivity index (χ1v) is 12.4. The van der Waals surface area contributed by atoms with Gasteiger partial charge in [-0.15, -0.1) is 0 Å². The van der Waals surface area contributed by atoms with Gasteiger partial charge in [0, 0.05) is 61.0 Å². The van der Waals surface area contributed by atoms with Crippen LogP contribution in [0.2, 0.25) is 0 Å². The molecule has 5 nitrogen and oxygen atoms in total. The lowest BCUT2D eigenvalue weighted by Crippen LogP contribution is -2.37. The van der Waals surface area contributed by atoms with Crippen LogP contribution < -0.4 is 0 Å². The van der Waals surface area contributed by atoms with Gasteiger partial charge in [-0.2, -0.15) is 0 Å². The third-order valence-electron chi connectivity index (χ3n) is 6.77. The molecule has 178 valence electrons. The number of para-hydroxylation sites is 1. The van der Waals surface area contributed by atoms with Gasteiger partial charge < -0.3 is 4.79 Å². The first kappa shape index (κ1) is 24.2. The van der Waals surface area contributed by atoms with E-state index in [9.17, 15) is 4.79 Å². The number of carbonyl (C=O) groups is 1. The molecule has 5 heteroatoms. The van der Waals surface area contributed by atoms with Crippen molar-refractivity contribution in [1.29, 1.82) is 0 Å². The fourth-order valence-electron chi connectivity index (χ4n) is 5.04. The van der Waals surface area contributed by atoms with E-state index in [0.29, 0.717) is 18.6 Å². The molecule has 0 spiro atoms. The lowest BCUT2D eigenvalue weighted by molar-refractivity contribution is -0.112. The number of aromatic nitrogens is 2. The van der Waals surface area contributed by atoms with Crippen LogP contribution >= 0.6 is 0 Å². The fraction of sp³-hybridized carbons (Fsp3) is 0.414. The molecule has 4 rings (SSSR count). The molecule has 1 aromatic carbocycles. The van der Waals surface area contributed by atoms with Gasteiger partial charge in [0.05, 0.1) is 17.3 Å². The van der Waals surface area contributed by atoms with Crippen molar-refractivity contribution in [2.75, 3.05) is 13.1 Å². The highest BCUT2D eigenvalue weighted by Crippen LogP contribution is 2.34. The molecule has 0 N–H and O–H groups in total. The lowest BCUT2D eigenvalue weighted by atomic mass is 10.0. The minimum atomic E-state index is -0.258. The number of rotatable bonds is 10. The molecule has 0 bridgehead atoms.